The van der Waals surface area contributed by atoms with Gasteiger partial charge in [0.1, 0.15) is 0 Å². The maximum absolute atomic E-state index is 11.6. The van der Waals surface area contributed by atoms with Crippen LogP contribution in [0, 0.1) is 5.41 Å². The normalized spacial score (nSPS) is 12.0. The molecule has 26 heavy (non-hydrogen) atoms. The zero-order valence-corrected chi connectivity index (χ0v) is 16.6. The van der Waals surface area contributed by atoms with Crippen LogP contribution in [0.25, 0.3) is 0 Å². The highest BCUT2D eigenvalue weighted by molar-refractivity contribution is 5.93. The van der Waals surface area contributed by atoms with Crippen LogP contribution in [-0.2, 0) is 6.54 Å². The number of rotatable bonds is 10. The Bertz CT molecular complexity index is 566. The van der Waals surface area contributed by atoms with Gasteiger partial charge in [-0.05, 0) is 49.3 Å². The number of amides is 1. The molecule has 1 amide bonds. The van der Waals surface area contributed by atoms with Gasteiger partial charge in [-0.3, -0.25) is 4.79 Å². The molecule has 0 unspecified atom stereocenters. The van der Waals surface area contributed by atoms with Gasteiger partial charge in [0.15, 0.2) is 5.96 Å². The van der Waals surface area contributed by atoms with Crippen molar-refractivity contribution in [1.82, 2.24) is 16.0 Å². The van der Waals surface area contributed by atoms with E-state index in [1.165, 1.54) is 0 Å². The van der Waals surface area contributed by atoms with Gasteiger partial charge >= 0.3 is 0 Å². The zero-order valence-electron chi connectivity index (χ0n) is 16.6. The van der Waals surface area contributed by atoms with E-state index in [0.717, 1.165) is 43.9 Å². The first-order chi connectivity index (χ1) is 12.5. The van der Waals surface area contributed by atoms with Crippen LogP contribution in [0.2, 0.25) is 0 Å². The highest BCUT2D eigenvalue weighted by atomic mass is 16.3. The number of hydrogen-bond acceptors (Lipinski definition) is 3. The molecule has 1 aromatic rings. The van der Waals surface area contributed by atoms with Gasteiger partial charge in [0, 0.05) is 32.3 Å². The van der Waals surface area contributed by atoms with E-state index in [9.17, 15) is 9.90 Å². The molecule has 4 N–H and O–H groups in total. The predicted octanol–water partition coefficient (Wildman–Crippen LogP) is 2.29. The first-order valence-corrected chi connectivity index (χ1v) is 9.48. The Morgan fingerprint density at radius 3 is 2.27 bits per heavy atom. The lowest BCUT2D eigenvalue weighted by molar-refractivity contribution is 0.0963. The van der Waals surface area contributed by atoms with E-state index in [2.05, 4.69) is 34.8 Å². The van der Waals surface area contributed by atoms with E-state index in [0.29, 0.717) is 12.1 Å². The quantitative estimate of drug-likeness (QED) is 0.380. The highest BCUT2D eigenvalue weighted by Gasteiger charge is 2.25. The minimum atomic E-state index is -0.0885. The fraction of sp³-hybridized carbons (Fsp3) is 0.600. The summed E-state index contributed by atoms with van der Waals surface area (Å²) in [6, 6.07) is 7.46. The number of nitrogens with zero attached hydrogens (tertiary/aromatic N) is 1. The molecule has 146 valence electrons. The molecule has 6 nitrogen and oxygen atoms in total. The summed E-state index contributed by atoms with van der Waals surface area (Å²) in [6.07, 6.45) is 2.81. The van der Waals surface area contributed by atoms with E-state index in [1.807, 2.05) is 31.2 Å². The molecule has 0 saturated heterocycles. The number of guanidine groups is 1. The van der Waals surface area contributed by atoms with Gasteiger partial charge in [-0.15, -0.1) is 0 Å². The van der Waals surface area contributed by atoms with Gasteiger partial charge in [0.25, 0.3) is 5.91 Å². The van der Waals surface area contributed by atoms with Crippen molar-refractivity contribution in [3.8, 4) is 0 Å². The lowest BCUT2D eigenvalue weighted by atomic mass is 9.79. The Kier molecular flexibility index (Phi) is 9.73. The Labute approximate surface area is 157 Å². The van der Waals surface area contributed by atoms with Gasteiger partial charge in [-0.2, -0.15) is 0 Å². The molecule has 0 aliphatic carbocycles. The van der Waals surface area contributed by atoms with Crippen LogP contribution in [0.4, 0.5) is 0 Å². The van der Waals surface area contributed by atoms with Gasteiger partial charge in [0.05, 0.1) is 6.54 Å². The minimum absolute atomic E-state index is 0.0834. The molecule has 0 aliphatic heterocycles. The third-order valence-corrected chi connectivity index (χ3v) is 4.98. The highest BCUT2D eigenvalue weighted by Crippen LogP contribution is 2.29. The molecule has 6 heteroatoms. The van der Waals surface area contributed by atoms with Crippen LogP contribution in [0.15, 0.2) is 29.3 Å². The Hall–Kier alpha value is -2.08. The second-order valence-electron chi connectivity index (χ2n) is 6.51. The van der Waals surface area contributed by atoms with E-state index in [4.69, 9.17) is 0 Å². The van der Waals surface area contributed by atoms with E-state index in [1.54, 1.807) is 7.05 Å². The summed E-state index contributed by atoms with van der Waals surface area (Å²) >= 11 is 0. The van der Waals surface area contributed by atoms with Crippen molar-refractivity contribution in [2.75, 3.05) is 26.7 Å². The summed E-state index contributed by atoms with van der Waals surface area (Å²) in [6.45, 7) is 8.67. The van der Waals surface area contributed by atoms with E-state index in [-0.39, 0.29) is 17.9 Å². The van der Waals surface area contributed by atoms with Crippen molar-refractivity contribution in [2.45, 2.75) is 46.6 Å². The number of carbonyl (C=O) groups excluding carboxylic acids is 1. The fourth-order valence-electron chi connectivity index (χ4n) is 2.87. The van der Waals surface area contributed by atoms with E-state index < -0.39 is 0 Å². The minimum Gasteiger partial charge on any atom is -0.396 e. The third kappa shape index (κ3) is 6.67. The number of benzene rings is 1. The summed E-state index contributed by atoms with van der Waals surface area (Å²) in [4.78, 5) is 16.2. The monoisotopic (exact) mass is 362 g/mol. The molecule has 0 aliphatic rings. The van der Waals surface area contributed by atoms with Crippen molar-refractivity contribution in [3.63, 3.8) is 0 Å². The standard InChI is InChI=1S/C20H34N4O2/c1-5-20(6-2,12-13-25)15-24-19(22-7-3)23-14-16-8-10-17(11-9-16)18(26)21-4/h8-11,25H,5-7,12-15H2,1-4H3,(H,21,26)(H2,22,23,24). The third-order valence-electron chi connectivity index (χ3n) is 4.98. The summed E-state index contributed by atoms with van der Waals surface area (Å²) in [5.41, 5.74) is 1.77. The number of aliphatic hydroxyl groups excluding tert-OH is 1. The number of hydrogen-bond donors (Lipinski definition) is 4. The number of aliphatic hydroxyl groups is 1. The Balaban J connectivity index is 2.75. The maximum Gasteiger partial charge on any atom is 0.251 e. The van der Waals surface area contributed by atoms with Crippen LogP contribution in [0.5, 0.6) is 0 Å². The summed E-state index contributed by atoms with van der Waals surface area (Å²) in [5.74, 6) is 0.682. The molecule has 0 radical (unpaired) electrons. The van der Waals surface area contributed by atoms with Gasteiger partial charge in [-0.25, -0.2) is 4.99 Å². The topological polar surface area (TPSA) is 85.8 Å². The second-order valence-corrected chi connectivity index (χ2v) is 6.51. The average Bonchev–Trinajstić information content (AvgIpc) is 2.68. The molecule has 0 atom stereocenters. The smallest absolute Gasteiger partial charge is 0.251 e. The van der Waals surface area contributed by atoms with Crippen molar-refractivity contribution in [2.24, 2.45) is 10.4 Å². The van der Waals surface area contributed by atoms with Crippen LogP contribution in [0.3, 0.4) is 0 Å². The first kappa shape index (κ1) is 22.0. The van der Waals surface area contributed by atoms with Crippen LogP contribution in [-0.4, -0.2) is 43.7 Å². The lowest BCUT2D eigenvalue weighted by Gasteiger charge is -2.32. The summed E-state index contributed by atoms with van der Waals surface area (Å²) in [7, 11) is 1.62. The molecule has 0 aromatic heterocycles. The molecule has 1 rings (SSSR count). The number of nitrogens with one attached hydrogen (secondary N) is 3. The maximum atomic E-state index is 11.6. The van der Waals surface area contributed by atoms with Gasteiger partial charge in [0.2, 0.25) is 0 Å². The van der Waals surface area contributed by atoms with Crippen LogP contribution >= 0.6 is 0 Å². The van der Waals surface area contributed by atoms with Crippen LogP contribution in [0.1, 0.15) is 56.0 Å². The number of carbonyl (C=O) groups is 1. The van der Waals surface area contributed by atoms with Gasteiger partial charge in [-0.1, -0.05) is 26.0 Å². The van der Waals surface area contributed by atoms with E-state index >= 15 is 0 Å². The molecule has 1 aromatic carbocycles. The first-order valence-electron chi connectivity index (χ1n) is 9.48. The van der Waals surface area contributed by atoms with Crippen molar-refractivity contribution >= 4 is 11.9 Å². The Morgan fingerprint density at radius 2 is 1.77 bits per heavy atom. The average molecular weight is 363 g/mol. The summed E-state index contributed by atoms with van der Waals surface area (Å²) < 4.78 is 0. The van der Waals surface area contributed by atoms with Crippen LogP contribution < -0.4 is 16.0 Å². The van der Waals surface area contributed by atoms with Crippen molar-refractivity contribution in [1.29, 1.82) is 0 Å². The van der Waals surface area contributed by atoms with Crippen molar-refractivity contribution in [3.05, 3.63) is 35.4 Å². The van der Waals surface area contributed by atoms with Gasteiger partial charge < -0.3 is 21.1 Å². The largest absolute Gasteiger partial charge is 0.396 e. The number of aliphatic imine (C=N–C) groups is 1. The fourth-order valence-corrected chi connectivity index (χ4v) is 2.87. The molecule has 0 fully saturated rings. The molecule has 0 spiro atoms. The Morgan fingerprint density at radius 1 is 1.12 bits per heavy atom. The predicted molar refractivity (Wildman–Crippen MR) is 107 cm³/mol. The zero-order chi connectivity index (χ0) is 19.4. The molecular formula is C20H34N4O2. The second kappa shape index (κ2) is 11.5. The molecule has 0 heterocycles. The SMILES string of the molecule is CCNC(=NCc1ccc(C(=O)NC)cc1)NCC(CC)(CC)CCO. The molecule has 0 bridgehead atoms. The molecule has 0 saturated carbocycles. The summed E-state index contributed by atoms with van der Waals surface area (Å²) in [5, 5.41) is 18.7. The van der Waals surface area contributed by atoms with Crippen molar-refractivity contribution < 1.29 is 9.90 Å². The lowest BCUT2D eigenvalue weighted by Crippen LogP contribution is -2.43. The molecular weight excluding hydrogens is 328 g/mol.